The zero-order chi connectivity index (χ0) is 14.5. The summed E-state index contributed by atoms with van der Waals surface area (Å²) in [6, 6.07) is 0. The molecule has 0 aliphatic heterocycles. The van der Waals surface area contributed by atoms with Gasteiger partial charge in [-0.3, -0.25) is 14.4 Å². The second-order valence-corrected chi connectivity index (χ2v) is 5.39. The lowest BCUT2D eigenvalue weighted by molar-refractivity contribution is -0.140. The van der Waals surface area contributed by atoms with Gasteiger partial charge in [0.25, 0.3) is 0 Å². The molecule has 2 N–H and O–H groups in total. The van der Waals surface area contributed by atoms with E-state index in [0.29, 0.717) is 12.8 Å². The summed E-state index contributed by atoms with van der Waals surface area (Å²) in [7, 11) is 3.36. The number of rotatable bonds is 7. The molecule has 0 aromatic heterocycles. The Morgan fingerprint density at radius 3 is 2.26 bits per heavy atom. The topological polar surface area (TPSA) is 86.7 Å². The Bertz CT molecular complexity index is 362. The van der Waals surface area contributed by atoms with Gasteiger partial charge in [0.2, 0.25) is 11.8 Å². The molecule has 0 unspecified atom stereocenters. The molecule has 0 radical (unpaired) electrons. The van der Waals surface area contributed by atoms with Gasteiger partial charge < -0.3 is 15.3 Å². The molecule has 1 aliphatic rings. The van der Waals surface area contributed by atoms with Crippen LogP contribution in [0.3, 0.4) is 0 Å². The van der Waals surface area contributed by atoms with Gasteiger partial charge in [0.1, 0.15) is 0 Å². The molecule has 1 saturated carbocycles. The Balaban J connectivity index is 2.30. The van der Waals surface area contributed by atoms with E-state index in [9.17, 15) is 14.4 Å². The third-order valence-electron chi connectivity index (χ3n) is 3.50. The highest BCUT2D eigenvalue weighted by Gasteiger charge is 2.40. The third-order valence-corrected chi connectivity index (χ3v) is 3.50. The van der Waals surface area contributed by atoms with E-state index in [1.807, 2.05) is 0 Å². The van der Waals surface area contributed by atoms with Crippen molar-refractivity contribution in [2.24, 2.45) is 0 Å². The molecule has 2 amide bonds. The Morgan fingerprint density at radius 2 is 1.84 bits per heavy atom. The van der Waals surface area contributed by atoms with Crippen molar-refractivity contribution in [2.75, 3.05) is 14.1 Å². The molecule has 0 atom stereocenters. The second-order valence-electron chi connectivity index (χ2n) is 5.39. The molecule has 0 aromatic rings. The lowest BCUT2D eigenvalue weighted by atomic mass is 9.74. The fraction of sp³-hybridized carbons (Fsp3) is 0.769. The van der Waals surface area contributed by atoms with E-state index in [2.05, 4.69) is 5.32 Å². The van der Waals surface area contributed by atoms with Gasteiger partial charge in [-0.25, -0.2) is 0 Å². The van der Waals surface area contributed by atoms with Gasteiger partial charge in [-0.15, -0.1) is 0 Å². The van der Waals surface area contributed by atoms with Crippen molar-refractivity contribution in [1.29, 1.82) is 0 Å². The standard InChI is InChI=1S/C13H22N2O4/c1-15(2)11(17)6-3-5-10(16)14-13(7-4-8-13)9-12(18)19/h3-9H2,1-2H3,(H,14,16)(H,18,19). The first-order valence-electron chi connectivity index (χ1n) is 6.58. The summed E-state index contributed by atoms with van der Waals surface area (Å²) in [5.41, 5.74) is -0.547. The summed E-state index contributed by atoms with van der Waals surface area (Å²) in [5, 5.41) is 11.7. The first kappa shape index (κ1) is 15.5. The Labute approximate surface area is 113 Å². The van der Waals surface area contributed by atoms with Crippen LogP contribution in [0, 0.1) is 0 Å². The maximum Gasteiger partial charge on any atom is 0.305 e. The Hall–Kier alpha value is -1.59. The minimum Gasteiger partial charge on any atom is -0.481 e. The molecule has 108 valence electrons. The molecular weight excluding hydrogens is 248 g/mol. The number of hydrogen-bond acceptors (Lipinski definition) is 3. The van der Waals surface area contributed by atoms with Crippen molar-refractivity contribution in [1.82, 2.24) is 10.2 Å². The highest BCUT2D eigenvalue weighted by Crippen LogP contribution is 2.35. The summed E-state index contributed by atoms with van der Waals surface area (Å²) in [5.74, 6) is -1.05. The van der Waals surface area contributed by atoms with Crippen LogP contribution in [0.5, 0.6) is 0 Å². The lowest BCUT2D eigenvalue weighted by Gasteiger charge is -2.41. The highest BCUT2D eigenvalue weighted by atomic mass is 16.4. The number of aliphatic carboxylic acids is 1. The van der Waals surface area contributed by atoms with Crippen molar-refractivity contribution in [3.8, 4) is 0 Å². The summed E-state index contributed by atoms with van der Waals surface area (Å²) >= 11 is 0. The van der Waals surface area contributed by atoms with E-state index in [1.165, 1.54) is 4.90 Å². The molecule has 1 rings (SSSR count). The van der Waals surface area contributed by atoms with Gasteiger partial charge >= 0.3 is 5.97 Å². The SMILES string of the molecule is CN(C)C(=O)CCCC(=O)NC1(CC(=O)O)CCC1. The summed E-state index contributed by atoms with van der Waals surface area (Å²) in [6.07, 6.45) is 3.48. The van der Waals surface area contributed by atoms with E-state index in [4.69, 9.17) is 5.11 Å². The zero-order valence-corrected chi connectivity index (χ0v) is 11.6. The molecule has 0 aromatic carbocycles. The lowest BCUT2D eigenvalue weighted by Crippen LogP contribution is -2.54. The number of amides is 2. The molecule has 6 heteroatoms. The minimum atomic E-state index is -0.886. The Kier molecular flexibility index (Phi) is 5.32. The highest BCUT2D eigenvalue weighted by molar-refractivity contribution is 5.80. The van der Waals surface area contributed by atoms with Gasteiger partial charge in [-0.2, -0.15) is 0 Å². The number of nitrogens with one attached hydrogen (secondary N) is 1. The number of nitrogens with zero attached hydrogens (tertiary/aromatic N) is 1. The van der Waals surface area contributed by atoms with Gasteiger partial charge in [-0.1, -0.05) is 0 Å². The monoisotopic (exact) mass is 270 g/mol. The molecule has 0 saturated heterocycles. The van der Waals surface area contributed by atoms with Crippen molar-refractivity contribution in [3.05, 3.63) is 0 Å². The molecule has 0 spiro atoms. The average molecular weight is 270 g/mol. The molecule has 6 nitrogen and oxygen atoms in total. The number of carbonyl (C=O) groups is 3. The summed E-state index contributed by atoms with van der Waals surface area (Å²) in [4.78, 5) is 35.4. The fourth-order valence-electron chi connectivity index (χ4n) is 2.22. The number of carboxylic acids is 1. The van der Waals surface area contributed by atoms with Crippen LogP contribution in [0.25, 0.3) is 0 Å². The van der Waals surface area contributed by atoms with Gasteiger partial charge in [0, 0.05) is 26.9 Å². The van der Waals surface area contributed by atoms with Crippen LogP contribution < -0.4 is 5.32 Å². The summed E-state index contributed by atoms with van der Waals surface area (Å²) < 4.78 is 0. The first-order valence-corrected chi connectivity index (χ1v) is 6.58. The predicted octanol–water partition coefficient (Wildman–Crippen LogP) is 0.758. The first-order chi connectivity index (χ1) is 8.84. The van der Waals surface area contributed by atoms with E-state index < -0.39 is 11.5 Å². The van der Waals surface area contributed by atoms with Crippen LogP contribution in [-0.4, -0.2) is 47.4 Å². The van der Waals surface area contributed by atoms with Crippen molar-refractivity contribution >= 4 is 17.8 Å². The van der Waals surface area contributed by atoms with Crippen LogP contribution in [0.15, 0.2) is 0 Å². The van der Waals surface area contributed by atoms with Crippen LogP contribution >= 0.6 is 0 Å². The average Bonchev–Trinajstić information content (AvgIpc) is 2.25. The predicted molar refractivity (Wildman–Crippen MR) is 69.5 cm³/mol. The molecule has 1 aliphatic carbocycles. The summed E-state index contributed by atoms with van der Waals surface area (Å²) in [6.45, 7) is 0. The third kappa shape index (κ3) is 4.89. The van der Waals surface area contributed by atoms with Crippen LogP contribution in [0.2, 0.25) is 0 Å². The van der Waals surface area contributed by atoms with Crippen molar-refractivity contribution in [2.45, 2.75) is 50.5 Å². The van der Waals surface area contributed by atoms with Crippen molar-refractivity contribution in [3.63, 3.8) is 0 Å². The van der Waals surface area contributed by atoms with Crippen LogP contribution in [0.1, 0.15) is 44.9 Å². The largest absolute Gasteiger partial charge is 0.481 e. The Morgan fingerprint density at radius 1 is 1.21 bits per heavy atom. The molecular formula is C13H22N2O4. The normalized spacial score (nSPS) is 16.3. The quantitative estimate of drug-likeness (QED) is 0.715. The van der Waals surface area contributed by atoms with Gasteiger partial charge in [0.15, 0.2) is 0 Å². The molecule has 0 bridgehead atoms. The van der Waals surface area contributed by atoms with Gasteiger partial charge in [-0.05, 0) is 25.7 Å². The fourth-order valence-corrected chi connectivity index (χ4v) is 2.22. The number of carbonyl (C=O) groups excluding carboxylic acids is 2. The molecule has 19 heavy (non-hydrogen) atoms. The minimum absolute atomic E-state index is 0.00306. The molecule has 1 fully saturated rings. The van der Waals surface area contributed by atoms with E-state index >= 15 is 0 Å². The van der Waals surface area contributed by atoms with Crippen molar-refractivity contribution < 1.29 is 19.5 Å². The second kappa shape index (κ2) is 6.54. The van der Waals surface area contributed by atoms with Crippen LogP contribution in [-0.2, 0) is 14.4 Å². The van der Waals surface area contributed by atoms with Gasteiger partial charge in [0.05, 0.1) is 12.0 Å². The molecule has 0 heterocycles. The maximum atomic E-state index is 11.8. The zero-order valence-electron chi connectivity index (χ0n) is 11.6. The number of carboxylic acid groups (broad SMARTS) is 1. The van der Waals surface area contributed by atoms with E-state index in [-0.39, 0.29) is 24.7 Å². The maximum absolute atomic E-state index is 11.8. The van der Waals surface area contributed by atoms with E-state index in [1.54, 1.807) is 14.1 Å². The smallest absolute Gasteiger partial charge is 0.305 e. The number of hydrogen-bond donors (Lipinski definition) is 2. The van der Waals surface area contributed by atoms with E-state index in [0.717, 1.165) is 19.3 Å². The van der Waals surface area contributed by atoms with Crippen LogP contribution in [0.4, 0.5) is 0 Å².